The Labute approximate surface area is 188 Å². The smallest absolute Gasteiger partial charge is 0.408 e. The Morgan fingerprint density at radius 1 is 1.06 bits per heavy atom. The molecular weight excluding hydrogens is 424 g/mol. The minimum Gasteiger partial charge on any atom is -0.495 e. The van der Waals surface area contributed by atoms with Gasteiger partial charge < -0.3 is 24.8 Å². The summed E-state index contributed by atoms with van der Waals surface area (Å²) < 4.78 is 15.3. The van der Waals surface area contributed by atoms with Crippen LogP contribution >= 0.6 is 11.6 Å². The molecule has 0 spiro atoms. The third-order valence-electron chi connectivity index (χ3n) is 4.82. The first-order valence-corrected chi connectivity index (χ1v) is 10.3. The summed E-state index contributed by atoms with van der Waals surface area (Å²) in [5, 5.41) is 5.79. The normalized spacial score (nSPS) is 13.6. The van der Waals surface area contributed by atoms with Gasteiger partial charge in [-0.3, -0.25) is 9.59 Å². The number of rotatable bonds is 8. The molecule has 0 bridgehead atoms. The number of nitrogens with one attached hydrogen (secondary N) is 2. The van der Waals surface area contributed by atoms with Crippen molar-refractivity contribution >= 4 is 29.6 Å². The van der Waals surface area contributed by atoms with Gasteiger partial charge in [-0.15, -0.1) is 0 Å². The van der Waals surface area contributed by atoms with Gasteiger partial charge in [0.15, 0.2) is 0 Å². The lowest BCUT2D eigenvalue weighted by molar-refractivity contribution is -0.152. The van der Waals surface area contributed by atoms with Gasteiger partial charge in [0, 0.05) is 12.5 Å². The number of carbonyl (C=O) groups is 3. The summed E-state index contributed by atoms with van der Waals surface area (Å²) in [4.78, 5) is 37.4. The molecule has 0 saturated heterocycles. The van der Waals surface area contributed by atoms with E-state index >= 15 is 0 Å². The van der Waals surface area contributed by atoms with Crippen molar-refractivity contribution in [2.24, 2.45) is 5.41 Å². The predicted molar refractivity (Wildman–Crippen MR) is 118 cm³/mol. The lowest BCUT2D eigenvalue weighted by Crippen LogP contribution is -2.55. The van der Waals surface area contributed by atoms with E-state index in [1.807, 2.05) is 0 Å². The summed E-state index contributed by atoms with van der Waals surface area (Å²) in [5.41, 5.74) is -0.985. The number of methoxy groups -OCH3 is 2. The molecule has 8 nitrogen and oxygen atoms in total. The highest BCUT2D eigenvalue weighted by Gasteiger charge is 2.37. The van der Waals surface area contributed by atoms with Crippen molar-refractivity contribution in [3.05, 3.63) is 28.8 Å². The van der Waals surface area contributed by atoms with E-state index < -0.39 is 41.1 Å². The molecule has 0 heterocycles. The van der Waals surface area contributed by atoms with E-state index in [0.29, 0.717) is 16.3 Å². The van der Waals surface area contributed by atoms with Crippen LogP contribution < -0.4 is 15.4 Å². The lowest BCUT2D eigenvalue weighted by Gasteiger charge is -2.31. The number of benzene rings is 1. The summed E-state index contributed by atoms with van der Waals surface area (Å²) in [6, 6.07) is 3.58. The first-order valence-electron chi connectivity index (χ1n) is 9.92. The van der Waals surface area contributed by atoms with Gasteiger partial charge in [-0.1, -0.05) is 17.7 Å². The minimum atomic E-state index is -0.968. The fourth-order valence-corrected chi connectivity index (χ4v) is 2.95. The third-order valence-corrected chi connectivity index (χ3v) is 5.11. The quantitative estimate of drug-likeness (QED) is 0.580. The zero-order valence-corrected chi connectivity index (χ0v) is 20.2. The number of hydrogen-bond donors (Lipinski definition) is 2. The average molecular weight is 457 g/mol. The van der Waals surface area contributed by atoms with E-state index in [1.165, 1.54) is 14.2 Å². The molecule has 0 aromatic heterocycles. The van der Waals surface area contributed by atoms with E-state index in [4.69, 9.17) is 25.8 Å². The Morgan fingerprint density at radius 2 is 1.68 bits per heavy atom. The fraction of sp³-hybridized carbons (Fsp3) is 0.591. The number of amides is 2. The van der Waals surface area contributed by atoms with Gasteiger partial charge in [0.25, 0.3) is 0 Å². The SMILES string of the molecule is COC(=O)C(C)(C)C(C)NC(=O)C(Cc1ccc(OC)c(Cl)c1)NC(=O)OC(C)(C)C. The van der Waals surface area contributed by atoms with Crippen LogP contribution in [0.5, 0.6) is 5.75 Å². The highest BCUT2D eigenvalue weighted by atomic mass is 35.5. The molecule has 9 heteroatoms. The molecule has 1 aromatic carbocycles. The zero-order chi connectivity index (χ0) is 24.0. The van der Waals surface area contributed by atoms with Gasteiger partial charge in [-0.25, -0.2) is 4.79 Å². The van der Waals surface area contributed by atoms with Crippen LogP contribution in [-0.2, 0) is 25.5 Å². The van der Waals surface area contributed by atoms with Gasteiger partial charge in [0.2, 0.25) is 5.91 Å². The fourth-order valence-electron chi connectivity index (χ4n) is 2.67. The van der Waals surface area contributed by atoms with Gasteiger partial charge in [0.05, 0.1) is 24.7 Å². The second-order valence-electron chi connectivity index (χ2n) is 8.82. The van der Waals surface area contributed by atoms with Crippen molar-refractivity contribution < 1.29 is 28.6 Å². The van der Waals surface area contributed by atoms with E-state index in [2.05, 4.69) is 10.6 Å². The molecule has 2 atom stereocenters. The minimum absolute atomic E-state index is 0.153. The highest BCUT2D eigenvalue weighted by molar-refractivity contribution is 6.32. The maximum absolute atomic E-state index is 13.0. The van der Waals surface area contributed by atoms with Crippen molar-refractivity contribution in [2.75, 3.05) is 14.2 Å². The Balaban J connectivity index is 3.08. The summed E-state index contributed by atoms with van der Waals surface area (Å²) >= 11 is 6.19. The summed E-state index contributed by atoms with van der Waals surface area (Å²) in [5.74, 6) is -0.430. The van der Waals surface area contributed by atoms with Crippen molar-refractivity contribution in [1.82, 2.24) is 10.6 Å². The molecule has 1 aromatic rings. The molecular formula is C22H33ClN2O6. The summed E-state index contributed by atoms with van der Waals surface area (Å²) in [6.07, 6.45) is -0.577. The van der Waals surface area contributed by atoms with Crippen LogP contribution in [0.15, 0.2) is 18.2 Å². The van der Waals surface area contributed by atoms with Crippen molar-refractivity contribution in [2.45, 2.75) is 65.6 Å². The van der Waals surface area contributed by atoms with Crippen LogP contribution in [0.3, 0.4) is 0 Å². The molecule has 2 amide bonds. The molecule has 1 rings (SSSR count). The second-order valence-corrected chi connectivity index (χ2v) is 9.22. The van der Waals surface area contributed by atoms with Crippen LogP contribution in [0.25, 0.3) is 0 Å². The molecule has 2 N–H and O–H groups in total. The van der Waals surface area contributed by atoms with Gasteiger partial charge in [-0.2, -0.15) is 0 Å². The molecule has 0 fully saturated rings. The van der Waals surface area contributed by atoms with Crippen LogP contribution in [0.4, 0.5) is 4.79 Å². The van der Waals surface area contributed by atoms with Crippen molar-refractivity contribution in [1.29, 1.82) is 0 Å². The topological polar surface area (TPSA) is 103 Å². The number of carbonyl (C=O) groups excluding carboxylic acids is 3. The first kappa shape index (κ1) is 26.6. The third kappa shape index (κ3) is 7.94. The van der Waals surface area contributed by atoms with Crippen LogP contribution in [0, 0.1) is 5.41 Å². The zero-order valence-electron chi connectivity index (χ0n) is 19.4. The number of halogens is 1. The Kier molecular flexibility index (Phi) is 9.17. The maximum Gasteiger partial charge on any atom is 0.408 e. The largest absolute Gasteiger partial charge is 0.495 e. The van der Waals surface area contributed by atoms with E-state index in [-0.39, 0.29) is 6.42 Å². The number of alkyl carbamates (subject to hydrolysis) is 1. The van der Waals surface area contributed by atoms with Gasteiger partial charge in [-0.05, 0) is 59.2 Å². The standard InChI is InChI=1S/C22H33ClN2O6/c1-13(22(5,6)19(27)30-8)24-18(26)16(25-20(28)31-21(2,3)4)12-14-9-10-17(29-7)15(23)11-14/h9-11,13,16H,12H2,1-8H3,(H,24,26)(H,25,28). The molecule has 2 unspecified atom stereocenters. The Bertz CT molecular complexity index is 804. The predicted octanol–water partition coefficient (Wildman–Crippen LogP) is 3.49. The van der Waals surface area contributed by atoms with Gasteiger partial charge >= 0.3 is 12.1 Å². The van der Waals surface area contributed by atoms with E-state index in [9.17, 15) is 14.4 Å². The molecule has 0 aliphatic rings. The second kappa shape index (κ2) is 10.7. The van der Waals surface area contributed by atoms with Crippen LogP contribution in [0.1, 0.15) is 47.1 Å². The molecule has 0 saturated carbocycles. The molecule has 0 radical (unpaired) electrons. The van der Waals surface area contributed by atoms with Crippen molar-refractivity contribution in [3.8, 4) is 5.75 Å². The number of hydrogen-bond acceptors (Lipinski definition) is 6. The number of ether oxygens (including phenoxy) is 3. The molecule has 0 aliphatic heterocycles. The van der Waals surface area contributed by atoms with Gasteiger partial charge in [0.1, 0.15) is 17.4 Å². The van der Waals surface area contributed by atoms with Crippen molar-refractivity contribution in [3.63, 3.8) is 0 Å². The van der Waals surface area contributed by atoms with E-state index in [0.717, 1.165) is 0 Å². The Morgan fingerprint density at radius 3 is 2.16 bits per heavy atom. The maximum atomic E-state index is 13.0. The monoisotopic (exact) mass is 456 g/mol. The molecule has 174 valence electrons. The highest BCUT2D eigenvalue weighted by Crippen LogP contribution is 2.26. The average Bonchev–Trinajstić information content (AvgIpc) is 2.65. The Hall–Kier alpha value is -2.48. The summed E-state index contributed by atoms with van der Waals surface area (Å²) in [6.45, 7) is 10.2. The lowest BCUT2D eigenvalue weighted by atomic mass is 9.85. The summed E-state index contributed by atoms with van der Waals surface area (Å²) in [7, 11) is 2.80. The molecule has 31 heavy (non-hydrogen) atoms. The van der Waals surface area contributed by atoms with Crippen LogP contribution in [-0.4, -0.2) is 49.9 Å². The van der Waals surface area contributed by atoms with E-state index in [1.54, 1.807) is 59.7 Å². The van der Waals surface area contributed by atoms with Crippen LogP contribution in [0.2, 0.25) is 5.02 Å². The number of esters is 1. The molecule has 0 aliphatic carbocycles. The first-order chi connectivity index (χ1) is 14.2.